The molecule has 8 heteroatoms. The van der Waals surface area contributed by atoms with E-state index in [-0.39, 0.29) is 22.4 Å². The lowest BCUT2D eigenvalue weighted by molar-refractivity contribution is -0.129. The highest BCUT2D eigenvalue weighted by Gasteiger charge is 2.28. The van der Waals surface area contributed by atoms with Gasteiger partial charge in [0.1, 0.15) is 0 Å². The number of hydrogen-bond acceptors (Lipinski definition) is 5. The number of carbonyl (C=O) groups excluding carboxylic acids is 2. The van der Waals surface area contributed by atoms with Crippen molar-refractivity contribution in [2.75, 3.05) is 13.1 Å². The summed E-state index contributed by atoms with van der Waals surface area (Å²) in [5, 5.41) is 2.78. The fraction of sp³-hybridized carbons (Fsp3) is 0.579. The summed E-state index contributed by atoms with van der Waals surface area (Å²) in [6, 6.07) is 5.90. The first-order valence-electron chi connectivity index (χ1n) is 9.49. The zero-order chi connectivity index (χ0) is 19.4. The van der Waals surface area contributed by atoms with Gasteiger partial charge >= 0.3 is 5.97 Å². The first-order valence-corrected chi connectivity index (χ1v) is 10.9. The molecule has 1 aromatic carbocycles. The second-order valence-corrected chi connectivity index (χ2v) is 9.11. The SMILES string of the molecule is C[C@H](OC(=O)c1ccc(S(=O)(=O)N2CCCCCC2)cc1)C(=O)NC1CC1. The Bertz CT molecular complexity index is 779. The van der Waals surface area contributed by atoms with Crippen LogP contribution in [0.4, 0.5) is 0 Å². The van der Waals surface area contributed by atoms with Crippen LogP contribution < -0.4 is 5.32 Å². The molecule has 0 bridgehead atoms. The minimum Gasteiger partial charge on any atom is -0.449 e. The molecule has 1 N–H and O–H groups in total. The van der Waals surface area contributed by atoms with Gasteiger partial charge in [-0.2, -0.15) is 4.31 Å². The largest absolute Gasteiger partial charge is 0.449 e. The maximum atomic E-state index is 12.8. The van der Waals surface area contributed by atoms with Crippen molar-refractivity contribution in [3.8, 4) is 0 Å². The van der Waals surface area contributed by atoms with Gasteiger partial charge in [-0.25, -0.2) is 13.2 Å². The standard InChI is InChI=1S/C19H26N2O5S/c1-14(18(22)20-16-8-9-16)26-19(23)15-6-10-17(11-7-15)27(24,25)21-12-4-2-3-5-13-21/h6-7,10-11,14,16H,2-5,8-9,12-13H2,1H3,(H,20,22)/t14-/m0/s1. The highest BCUT2D eigenvalue weighted by atomic mass is 32.2. The van der Waals surface area contributed by atoms with Gasteiger partial charge in [0.15, 0.2) is 6.10 Å². The molecule has 1 saturated carbocycles. The lowest BCUT2D eigenvalue weighted by Gasteiger charge is -2.20. The summed E-state index contributed by atoms with van der Waals surface area (Å²) < 4.78 is 32.2. The molecule has 2 aliphatic rings. The number of ether oxygens (including phenoxy) is 1. The summed E-state index contributed by atoms with van der Waals surface area (Å²) >= 11 is 0. The predicted octanol–water partition coefficient (Wildman–Crippen LogP) is 2.08. The fourth-order valence-electron chi connectivity index (χ4n) is 3.02. The highest BCUT2D eigenvalue weighted by molar-refractivity contribution is 7.89. The van der Waals surface area contributed by atoms with Crippen molar-refractivity contribution in [1.29, 1.82) is 0 Å². The second kappa shape index (κ2) is 8.39. The van der Waals surface area contributed by atoms with Gasteiger partial charge < -0.3 is 10.1 Å². The van der Waals surface area contributed by atoms with Crippen LogP contribution in [0.1, 0.15) is 55.8 Å². The molecule has 148 valence electrons. The Morgan fingerprint density at radius 1 is 1.07 bits per heavy atom. The van der Waals surface area contributed by atoms with E-state index in [1.54, 1.807) is 0 Å². The van der Waals surface area contributed by atoms with E-state index in [1.165, 1.54) is 35.5 Å². The van der Waals surface area contributed by atoms with E-state index in [0.29, 0.717) is 13.1 Å². The van der Waals surface area contributed by atoms with Crippen molar-refractivity contribution in [3.05, 3.63) is 29.8 Å². The van der Waals surface area contributed by atoms with Crippen LogP contribution in [0.3, 0.4) is 0 Å². The summed E-state index contributed by atoms with van der Waals surface area (Å²) in [5.41, 5.74) is 0.218. The zero-order valence-electron chi connectivity index (χ0n) is 15.5. The average Bonchev–Trinajstić information content (AvgIpc) is 3.48. The van der Waals surface area contributed by atoms with Crippen LogP contribution in [0.15, 0.2) is 29.2 Å². The minimum absolute atomic E-state index is 0.167. The lowest BCUT2D eigenvalue weighted by atomic mass is 10.2. The Morgan fingerprint density at radius 2 is 1.67 bits per heavy atom. The molecule has 1 aliphatic carbocycles. The van der Waals surface area contributed by atoms with E-state index in [0.717, 1.165) is 38.5 Å². The maximum absolute atomic E-state index is 12.8. The van der Waals surface area contributed by atoms with Crippen molar-refractivity contribution in [2.24, 2.45) is 0 Å². The Kier molecular flexibility index (Phi) is 6.16. The monoisotopic (exact) mass is 394 g/mol. The summed E-state index contributed by atoms with van der Waals surface area (Å²) in [6.07, 6.45) is 4.85. The van der Waals surface area contributed by atoms with Gasteiger partial charge in [-0.05, 0) is 56.9 Å². The minimum atomic E-state index is -3.55. The van der Waals surface area contributed by atoms with Gasteiger partial charge in [-0.15, -0.1) is 0 Å². The van der Waals surface area contributed by atoms with Crippen LogP contribution in [-0.2, 0) is 19.6 Å². The van der Waals surface area contributed by atoms with Crippen LogP contribution in [0, 0.1) is 0 Å². The third kappa shape index (κ3) is 5.07. The predicted molar refractivity (Wildman–Crippen MR) is 99.7 cm³/mol. The van der Waals surface area contributed by atoms with Gasteiger partial charge in [0.25, 0.3) is 5.91 Å². The molecule has 1 aliphatic heterocycles. The van der Waals surface area contributed by atoms with Crippen LogP contribution >= 0.6 is 0 Å². The molecule has 1 aromatic rings. The van der Waals surface area contributed by atoms with E-state index in [4.69, 9.17) is 4.74 Å². The smallest absolute Gasteiger partial charge is 0.338 e. The normalized spacial score (nSPS) is 19.7. The van der Waals surface area contributed by atoms with Crippen LogP contribution in [0.2, 0.25) is 0 Å². The molecule has 1 saturated heterocycles. The average molecular weight is 394 g/mol. The van der Waals surface area contributed by atoms with E-state index in [9.17, 15) is 18.0 Å². The van der Waals surface area contributed by atoms with Crippen molar-refractivity contribution in [2.45, 2.75) is 62.5 Å². The number of nitrogens with zero attached hydrogens (tertiary/aromatic N) is 1. The van der Waals surface area contributed by atoms with Gasteiger partial charge in [-0.3, -0.25) is 4.79 Å². The van der Waals surface area contributed by atoms with Crippen molar-refractivity contribution >= 4 is 21.9 Å². The Balaban J connectivity index is 1.63. The number of benzene rings is 1. The number of rotatable bonds is 6. The van der Waals surface area contributed by atoms with Gasteiger partial charge in [0, 0.05) is 19.1 Å². The quantitative estimate of drug-likeness (QED) is 0.746. The van der Waals surface area contributed by atoms with Crippen LogP contribution in [-0.4, -0.2) is 49.8 Å². The molecular weight excluding hydrogens is 368 g/mol. The Morgan fingerprint density at radius 3 is 2.22 bits per heavy atom. The summed E-state index contributed by atoms with van der Waals surface area (Å²) in [5.74, 6) is -0.960. The van der Waals surface area contributed by atoms with Gasteiger partial charge in [-0.1, -0.05) is 12.8 Å². The topological polar surface area (TPSA) is 92.8 Å². The number of hydrogen-bond donors (Lipinski definition) is 1. The van der Waals surface area contributed by atoms with Crippen LogP contribution in [0.25, 0.3) is 0 Å². The van der Waals surface area contributed by atoms with Crippen molar-refractivity contribution < 1.29 is 22.7 Å². The first kappa shape index (κ1) is 19.8. The van der Waals surface area contributed by atoms with Crippen LogP contribution in [0.5, 0.6) is 0 Å². The molecule has 0 radical (unpaired) electrons. The molecule has 1 amide bonds. The molecule has 1 atom stereocenters. The second-order valence-electron chi connectivity index (χ2n) is 7.17. The molecule has 1 heterocycles. The molecular formula is C19H26N2O5S. The van der Waals surface area contributed by atoms with Crippen molar-refractivity contribution in [3.63, 3.8) is 0 Å². The number of nitrogens with one attached hydrogen (secondary N) is 1. The van der Waals surface area contributed by atoms with Gasteiger partial charge in [0.2, 0.25) is 10.0 Å². The Labute approximate surface area is 160 Å². The molecule has 0 unspecified atom stereocenters. The summed E-state index contributed by atoms with van der Waals surface area (Å²) in [4.78, 5) is 24.2. The van der Waals surface area contributed by atoms with E-state index in [1.807, 2.05) is 0 Å². The fourth-order valence-corrected chi connectivity index (χ4v) is 4.54. The number of carbonyl (C=O) groups is 2. The number of esters is 1. The molecule has 2 fully saturated rings. The third-order valence-electron chi connectivity index (χ3n) is 4.87. The third-order valence-corrected chi connectivity index (χ3v) is 6.78. The van der Waals surface area contributed by atoms with E-state index < -0.39 is 22.1 Å². The maximum Gasteiger partial charge on any atom is 0.338 e. The number of amides is 1. The zero-order valence-corrected chi connectivity index (χ0v) is 16.3. The Hall–Kier alpha value is -1.93. The molecule has 7 nitrogen and oxygen atoms in total. The lowest BCUT2D eigenvalue weighted by Crippen LogP contribution is -2.37. The summed E-state index contributed by atoms with van der Waals surface area (Å²) in [6.45, 7) is 2.58. The summed E-state index contributed by atoms with van der Waals surface area (Å²) in [7, 11) is -3.55. The van der Waals surface area contributed by atoms with E-state index in [2.05, 4.69) is 5.32 Å². The molecule has 0 aromatic heterocycles. The highest BCUT2D eigenvalue weighted by Crippen LogP contribution is 2.21. The van der Waals surface area contributed by atoms with E-state index >= 15 is 0 Å². The first-order chi connectivity index (χ1) is 12.9. The van der Waals surface area contributed by atoms with Gasteiger partial charge in [0.05, 0.1) is 10.5 Å². The van der Waals surface area contributed by atoms with Crippen molar-refractivity contribution in [1.82, 2.24) is 9.62 Å². The molecule has 3 rings (SSSR count). The molecule has 27 heavy (non-hydrogen) atoms. The number of sulfonamides is 1. The molecule has 0 spiro atoms.